The van der Waals surface area contributed by atoms with Crippen molar-refractivity contribution in [3.63, 3.8) is 0 Å². The summed E-state index contributed by atoms with van der Waals surface area (Å²) in [6.07, 6.45) is 38.3. The molecule has 0 amide bonds. The monoisotopic (exact) mass is 671 g/mol. The van der Waals surface area contributed by atoms with Crippen molar-refractivity contribution in [2.75, 3.05) is 26.4 Å². The van der Waals surface area contributed by atoms with Gasteiger partial charge in [-0.05, 0) is 70.3 Å². The number of esters is 1. The van der Waals surface area contributed by atoms with Gasteiger partial charge in [-0.3, -0.25) is 13.8 Å². The Balaban J connectivity index is 4.18. The first-order valence-electron chi connectivity index (χ1n) is 18.5. The summed E-state index contributed by atoms with van der Waals surface area (Å²) in [4.78, 5) is 22.1. The van der Waals surface area contributed by atoms with Gasteiger partial charge >= 0.3 is 13.8 Å². The van der Waals surface area contributed by atoms with E-state index in [9.17, 15) is 14.3 Å². The van der Waals surface area contributed by atoms with E-state index in [-0.39, 0.29) is 32.3 Å². The van der Waals surface area contributed by atoms with Gasteiger partial charge in [0.1, 0.15) is 6.61 Å². The fourth-order valence-electron chi connectivity index (χ4n) is 4.78. The number of unbranched alkanes of at least 4 members (excludes halogenated alkanes) is 18. The second kappa shape index (κ2) is 34.9. The maximum Gasteiger partial charge on any atom is 0.472 e. The second-order valence-corrected chi connectivity index (χ2v) is 13.6. The molecule has 0 radical (unpaired) electrons. The van der Waals surface area contributed by atoms with Crippen LogP contribution < -0.4 is 5.73 Å². The van der Waals surface area contributed by atoms with Crippen molar-refractivity contribution in [3.05, 3.63) is 36.6 Å². The van der Waals surface area contributed by atoms with E-state index in [0.29, 0.717) is 6.42 Å². The predicted molar refractivity (Wildman–Crippen MR) is 192 cm³/mol. The summed E-state index contributed by atoms with van der Waals surface area (Å²) in [6, 6.07) is 0. The minimum Gasteiger partial charge on any atom is -0.492 e. The lowest BCUT2D eigenvalue weighted by Gasteiger charge is -2.19. The molecule has 270 valence electrons. The van der Waals surface area contributed by atoms with Crippen LogP contribution in [0.15, 0.2) is 36.6 Å². The maximum absolute atomic E-state index is 12.3. The van der Waals surface area contributed by atoms with Gasteiger partial charge in [0.25, 0.3) is 0 Å². The van der Waals surface area contributed by atoms with Gasteiger partial charge in [-0.25, -0.2) is 4.57 Å². The van der Waals surface area contributed by atoms with E-state index in [1.54, 1.807) is 6.26 Å². The van der Waals surface area contributed by atoms with Crippen LogP contribution in [0.3, 0.4) is 0 Å². The van der Waals surface area contributed by atoms with E-state index in [4.69, 9.17) is 24.3 Å². The summed E-state index contributed by atoms with van der Waals surface area (Å²) in [6.45, 7) is 4.13. The number of carbonyl (C=O) groups is 1. The molecule has 0 aromatic heterocycles. The molecule has 0 aromatic carbocycles. The quantitative estimate of drug-likeness (QED) is 0.0225. The SMILES string of the molecule is CCCCC=CCCCCCCCC(=O)OCC(COP(=O)(O)OCCN)OC=CCCCCCCCCC=CCCCCCC. The Bertz CT molecular complexity index is 803. The fraction of sp³-hybridized carbons (Fsp3) is 0.811. The Labute approximate surface area is 282 Å². The molecule has 0 saturated carbocycles. The Kier molecular flexibility index (Phi) is 33.8. The molecule has 0 rings (SSSR count). The standard InChI is InChI=1S/C37H70NO7P/c1-3-5-7-9-11-13-15-16-17-18-19-21-23-25-27-29-32-42-36(35-45-46(40,41)44-33-31-38)34-43-37(39)30-28-26-24-22-20-14-12-10-8-6-4-2/h10,12-13,15,29,32,36H,3-9,11,14,16-28,30-31,33-35,38H2,1-2H3,(H,40,41). The minimum atomic E-state index is -4.26. The molecule has 9 heteroatoms. The first kappa shape index (κ1) is 44.6. The Hall–Kier alpha value is -1.44. The number of rotatable bonds is 35. The van der Waals surface area contributed by atoms with E-state index in [1.165, 1.54) is 96.3 Å². The highest BCUT2D eigenvalue weighted by atomic mass is 31.2. The van der Waals surface area contributed by atoms with Crippen molar-refractivity contribution in [1.29, 1.82) is 0 Å². The molecule has 0 fully saturated rings. The van der Waals surface area contributed by atoms with Crippen molar-refractivity contribution >= 4 is 13.8 Å². The van der Waals surface area contributed by atoms with Crippen molar-refractivity contribution < 1.29 is 32.8 Å². The van der Waals surface area contributed by atoms with Crippen LogP contribution in [0.1, 0.15) is 162 Å². The van der Waals surface area contributed by atoms with Gasteiger partial charge in [0.2, 0.25) is 0 Å². The van der Waals surface area contributed by atoms with Crippen LogP contribution in [-0.2, 0) is 27.9 Å². The maximum atomic E-state index is 12.3. The zero-order chi connectivity index (χ0) is 33.8. The molecule has 46 heavy (non-hydrogen) atoms. The van der Waals surface area contributed by atoms with Crippen LogP contribution in [-0.4, -0.2) is 43.3 Å². The zero-order valence-electron chi connectivity index (χ0n) is 29.6. The fourth-order valence-corrected chi connectivity index (χ4v) is 5.54. The van der Waals surface area contributed by atoms with E-state index < -0.39 is 13.9 Å². The Morgan fingerprint density at radius 2 is 1.13 bits per heavy atom. The van der Waals surface area contributed by atoms with Crippen LogP contribution in [0.5, 0.6) is 0 Å². The lowest BCUT2D eigenvalue weighted by molar-refractivity contribution is -0.147. The predicted octanol–water partition coefficient (Wildman–Crippen LogP) is 10.6. The number of phosphoric ester groups is 1. The molecule has 2 unspecified atom stereocenters. The number of ether oxygens (including phenoxy) is 2. The molecule has 0 aliphatic rings. The van der Waals surface area contributed by atoms with Gasteiger partial charge in [0.15, 0.2) is 6.10 Å². The molecule has 3 N–H and O–H groups in total. The summed E-state index contributed by atoms with van der Waals surface area (Å²) in [5.74, 6) is -0.304. The lowest BCUT2D eigenvalue weighted by atomic mass is 10.1. The van der Waals surface area contributed by atoms with E-state index >= 15 is 0 Å². The number of hydrogen-bond acceptors (Lipinski definition) is 7. The molecule has 0 bridgehead atoms. The number of carbonyl (C=O) groups excluding carboxylic acids is 1. The molecule has 0 aliphatic carbocycles. The average Bonchev–Trinajstić information content (AvgIpc) is 3.05. The third kappa shape index (κ3) is 33.9. The number of nitrogens with two attached hydrogens (primary N) is 1. The van der Waals surface area contributed by atoms with Crippen LogP contribution in [0, 0.1) is 0 Å². The van der Waals surface area contributed by atoms with Crippen molar-refractivity contribution in [2.45, 2.75) is 168 Å². The molecule has 0 spiro atoms. The summed E-state index contributed by atoms with van der Waals surface area (Å²) in [5, 5.41) is 0. The van der Waals surface area contributed by atoms with Crippen molar-refractivity contribution in [1.82, 2.24) is 0 Å². The van der Waals surface area contributed by atoms with Crippen LogP contribution in [0.4, 0.5) is 0 Å². The second-order valence-electron chi connectivity index (χ2n) is 12.1. The summed E-state index contributed by atoms with van der Waals surface area (Å²) >= 11 is 0. The highest BCUT2D eigenvalue weighted by Crippen LogP contribution is 2.43. The zero-order valence-corrected chi connectivity index (χ0v) is 30.4. The van der Waals surface area contributed by atoms with Crippen LogP contribution in [0.25, 0.3) is 0 Å². The van der Waals surface area contributed by atoms with Crippen molar-refractivity contribution in [2.24, 2.45) is 5.73 Å². The molecule has 0 heterocycles. The summed E-state index contributed by atoms with van der Waals surface area (Å²) in [7, 11) is -4.26. The highest BCUT2D eigenvalue weighted by Gasteiger charge is 2.24. The van der Waals surface area contributed by atoms with Gasteiger partial charge in [0.05, 0.1) is 19.5 Å². The van der Waals surface area contributed by atoms with E-state index in [0.717, 1.165) is 44.9 Å². The lowest BCUT2D eigenvalue weighted by Crippen LogP contribution is -2.25. The third-order valence-corrected chi connectivity index (χ3v) is 8.60. The van der Waals surface area contributed by atoms with E-state index in [2.05, 4.69) is 38.2 Å². The Morgan fingerprint density at radius 1 is 0.652 bits per heavy atom. The summed E-state index contributed by atoms with van der Waals surface area (Å²) in [5.41, 5.74) is 5.34. The molecular weight excluding hydrogens is 601 g/mol. The van der Waals surface area contributed by atoms with Gasteiger partial charge in [0, 0.05) is 13.0 Å². The largest absolute Gasteiger partial charge is 0.492 e. The molecule has 0 aromatic rings. The van der Waals surface area contributed by atoms with Gasteiger partial charge in [-0.2, -0.15) is 0 Å². The molecule has 0 aliphatic heterocycles. The van der Waals surface area contributed by atoms with Gasteiger partial charge in [-0.15, -0.1) is 0 Å². The van der Waals surface area contributed by atoms with E-state index in [1.807, 2.05) is 6.08 Å². The summed E-state index contributed by atoms with van der Waals surface area (Å²) < 4.78 is 33.0. The minimum absolute atomic E-state index is 0.0710. The smallest absolute Gasteiger partial charge is 0.472 e. The Morgan fingerprint density at radius 3 is 1.67 bits per heavy atom. The first-order valence-corrected chi connectivity index (χ1v) is 20.0. The number of allylic oxidation sites excluding steroid dienone is 5. The van der Waals surface area contributed by atoms with Gasteiger partial charge < -0.3 is 20.1 Å². The molecule has 8 nitrogen and oxygen atoms in total. The normalized spacial score (nSPS) is 14.0. The molecular formula is C37H70NO7P. The average molecular weight is 672 g/mol. The highest BCUT2D eigenvalue weighted by molar-refractivity contribution is 7.47. The van der Waals surface area contributed by atoms with Crippen LogP contribution in [0.2, 0.25) is 0 Å². The van der Waals surface area contributed by atoms with Crippen LogP contribution >= 0.6 is 7.82 Å². The van der Waals surface area contributed by atoms with Crippen molar-refractivity contribution in [3.8, 4) is 0 Å². The van der Waals surface area contributed by atoms with Gasteiger partial charge in [-0.1, -0.05) is 115 Å². The first-order chi connectivity index (χ1) is 22.4. The molecule has 2 atom stereocenters. The number of hydrogen-bond donors (Lipinski definition) is 2. The number of phosphoric acid groups is 1. The topological polar surface area (TPSA) is 117 Å². The molecule has 0 saturated heterocycles. The third-order valence-electron chi connectivity index (χ3n) is 7.62.